The average molecular weight is 250 g/mol. The molecule has 0 amide bonds. The highest BCUT2D eigenvalue weighted by atomic mass is 79.9. The van der Waals surface area contributed by atoms with Crippen LogP contribution in [0, 0.1) is 5.92 Å². The molecular formula is C10H20BrNO. The lowest BCUT2D eigenvalue weighted by atomic mass is 10.0. The number of hydrogen-bond acceptors (Lipinski definition) is 2. The SMILES string of the molecule is C=C(Br)CNC(CCOC)C(C)C. The van der Waals surface area contributed by atoms with Crippen LogP contribution >= 0.6 is 15.9 Å². The first-order valence-electron chi connectivity index (χ1n) is 4.63. The van der Waals surface area contributed by atoms with Crippen LogP contribution < -0.4 is 5.32 Å². The van der Waals surface area contributed by atoms with Crippen LogP contribution in [-0.2, 0) is 4.74 Å². The van der Waals surface area contributed by atoms with Gasteiger partial charge in [0.25, 0.3) is 0 Å². The maximum atomic E-state index is 5.06. The molecule has 0 heterocycles. The second kappa shape index (κ2) is 7.54. The minimum absolute atomic E-state index is 0.509. The Balaban J connectivity index is 3.73. The molecule has 78 valence electrons. The Hall–Kier alpha value is 0.140. The van der Waals surface area contributed by atoms with Gasteiger partial charge in [-0.05, 0) is 12.3 Å². The summed E-state index contributed by atoms with van der Waals surface area (Å²) in [7, 11) is 1.74. The van der Waals surface area contributed by atoms with Gasteiger partial charge in [-0.1, -0.05) is 36.4 Å². The van der Waals surface area contributed by atoms with E-state index in [4.69, 9.17) is 4.74 Å². The van der Waals surface area contributed by atoms with Crippen LogP contribution in [0.3, 0.4) is 0 Å². The fraction of sp³-hybridized carbons (Fsp3) is 0.800. The largest absolute Gasteiger partial charge is 0.385 e. The molecule has 0 aliphatic carbocycles. The lowest BCUT2D eigenvalue weighted by molar-refractivity contribution is 0.175. The smallest absolute Gasteiger partial charge is 0.0477 e. The summed E-state index contributed by atoms with van der Waals surface area (Å²) in [6.45, 7) is 9.85. The second-order valence-electron chi connectivity index (χ2n) is 3.53. The van der Waals surface area contributed by atoms with E-state index in [0.29, 0.717) is 12.0 Å². The van der Waals surface area contributed by atoms with E-state index in [1.54, 1.807) is 7.11 Å². The van der Waals surface area contributed by atoms with Crippen molar-refractivity contribution in [2.75, 3.05) is 20.3 Å². The molecule has 2 nitrogen and oxygen atoms in total. The van der Waals surface area contributed by atoms with Gasteiger partial charge >= 0.3 is 0 Å². The minimum Gasteiger partial charge on any atom is -0.385 e. The van der Waals surface area contributed by atoms with Gasteiger partial charge in [0.1, 0.15) is 0 Å². The van der Waals surface area contributed by atoms with Crippen molar-refractivity contribution in [3.05, 3.63) is 11.1 Å². The molecule has 13 heavy (non-hydrogen) atoms. The van der Waals surface area contributed by atoms with Crippen LogP contribution in [0.2, 0.25) is 0 Å². The molecule has 0 fully saturated rings. The van der Waals surface area contributed by atoms with Crippen LogP contribution in [0.5, 0.6) is 0 Å². The summed E-state index contributed by atoms with van der Waals surface area (Å²) in [4.78, 5) is 0. The first-order valence-corrected chi connectivity index (χ1v) is 5.42. The molecule has 0 saturated heterocycles. The summed E-state index contributed by atoms with van der Waals surface area (Å²) >= 11 is 3.33. The first-order chi connectivity index (χ1) is 6.07. The standard InChI is InChI=1S/C10H20BrNO/c1-8(2)10(5-6-13-4)12-7-9(3)11/h8,10,12H,3,5-7H2,1-2,4H3. The molecule has 0 aromatic rings. The van der Waals surface area contributed by atoms with Crippen molar-refractivity contribution in [1.82, 2.24) is 5.32 Å². The molecule has 1 unspecified atom stereocenters. The number of hydrogen-bond donors (Lipinski definition) is 1. The first kappa shape index (κ1) is 13.1. The summed E-state index contributed by atoms with van der Waals surface area (Å²) in [6, 6.07) is 0.509. The van der Waals surface area contributed by atoms with E-state index in [-0.39, 0.29) is 0 Å². The van der Waals surface area contributed by atoms with Crippen LogP contribution in [0.25, 0.3) is 0 Å². The Bertz CT molecular complexity index is 148. The maximum absolute atomic E-state index is 5.06. The summed E-state index contributed by atoms with van der Waals surface area (Å²) in [6.07, 6.45) is 1.05. The van der Waals surface area contributed by atoms with Crippen LogP contribution in [0.4, 0.5) is 0 Å². The zero-order chi connectivity index (χ0) is 10.3. The van der Waals surface area contributed by atoms with E-state index in [1.807, 2.05) is 0 Å². The molecule has 0 bridgehead atoms. The number of nitrogens with one attached hydrogen (secondary N) is 1. The Kier molecular flexibility index (Phi) is 7.62. The zero-order valence-corrected chi connectivity index (χ0v) is 10.4. The zero-order valence-electron chi connectivity index (χ0n) is 8.77. The van der Waals surface area contributed by atoms with Gasteiger partial charge in [0.05, 0.1) is 0 Å². The third-order valence-corrected chi connectivity index (χ3v) is 2.27. The number of rotatable bonds is 7. The van der Waals surface area contributed by atoms with Crippen molar-refractivity contribution < 1.29 is 4.74 Å². The van der Waals surface area contributed by atoms with Gasteiger partial charge in [0, 0.05) is 30.8 Å². The van der Waals surface area contributed by atoms with E-state index in [2.05, 4.69) is 41.7 Å². The lowest BCUT2D eigenvalue weighted by Crippen LogP contribution is -2.35. The lowest BCUT2D eigenvalue weighted by Gasteiger charge is -2.21. The Morgan fingerprint density at radius 1 is 1.54 bits per heavy atom. The van der Waals surface area contributed by atoms with Crippen molar-refractivity contribution in [3.8, 4) is 0 Å². The van der Waals surface area contributed by atoms with Gasteiger partial charge in [-0.15, -0.1) is 0 Å². The maximum Gasteiger partial charge on any atom is 0.0477 e. The van der Waals surface area contributed by atoms with Gasteiger partial charge < -0.3 is 10.1 Å². The molecular weight excluding hydrogens is 230 g/mol. The van der Waals surface area contributed by atoms with Gasteiger partial charge in [-0.25, -0.2) is 0 Å². The van der Waals surface area contributed by atoms with Gasteiger partial charge in [0.15, 0.2) is 0 Å². The Morgan fingerprint density at radius 3 is 2.54 bits per heavy atom. The van der Waals surface area contributed by atoms with E-state index >= 15 is 0 Å². The third-order valence-electron chi connectivity index (χ3n) is 1.99. The molecule has 0 aromatic heterocycles. The summed E-state index contributed by atoms with van der Waals surface area (Å²) in [5.74, 6) is 0.627. The summed E-state index contributed by atoms with van der Waals surface area (Å²) in [5.41, 5.74) is 0. The predicted octanol–water partition coefficient (Wildman–Crippen LogP) is 2.55. The fourth-order valence-corrected chi connectivity index (χ4v) is 1.32. The number of ether oxygens (including phenoxy) is 1. The highest BCUT2D eigenvalue weighted by Gasteiger charge is 2.11. The predicted molar refractivity (Wildman–Crippen MR) is 61.2 cm³/mol. The summed E-state index contributed by atoms with van der Waals surface area (Å²) in [5, 5.41) is 3.43. The van der Waals surface area contributed by atoms with Crippen molar-refractivity contribution in [2.45, 2.75) is 26.3 Å². The highest BCUT2D eigenvalue weighted by Crippen LogP contribution is 2.07. The van der Waals surface area contributed by atoms with E-state index in [1.165, 1.54) is 0 Å². The van der Waals surface area contributed by atoms with Gasteiger partial charge in [-0.3, -0.25) is 0 Å². The molecule has 0 saturated carbocycles. The molecule has 1 atom stereocenters. The van der Waals surface area contributed by atoms with Crippen LogP contribution in [0.15, 0.2) is 11.1 Å². The van der Waals surface area contributed by atoms with Crippen molar-refractivity contribution >= 4 is 15.9 Å². The molecule has 3 heteroatoms. The Morgan fingerprint density at radius 2 is 2.15 bits per heavy atom. The molecule has 0 aliphatic rings. The van der Waals surface area contributed by atoms with E-state index in [0.717, 1.165) is 24.1 Å². The highest BCUT2D eigenvalue weighted by molar-refractivity contribution is 9.11. The number of halogens is 1. The minimum atomic E-state index is 0.509. The quantitative estimate of drug-likeness (QED) is 0.749. The second-order valence-corrected chi connectivity index (χ2v) is 4.65. The van der Waals surface area contributed by atoms with Crippen LogP contribution in [0.1, 0.15) is 20.3 Å². The monoisotopic (exact) mass is 249 g/mol. The molecule has 0 radical (unpaired) electrons. The average Bonchev–Trinajstić information content (AvgIpc) is 2.03. The molecule has 0 aromatic carbocycles. The normalized spacial score (nSPS) is 13.3. The molecule has 0 aliphatic heterocycles. The van der Waals surface area contributed by atoms with Gasteiger partial charge in [-0.2, -0.15) is 0 Å². The van der Waals surface area contributed by atoms with Crippen LogP contribution in [-0.4, -0.2) is 26.3 Å². The Labute approximate surface area is 89.9 Å². The number of methoxy groups -OCH3 is 1. The van der Waals surface area contributed by atoms with Crippen molar-refractivity contribution in [2.24, 2.45) is 5.92 Å². The van der Waals surface area contributed by atoms with E-state index in [9.17, 15) is 0 Å². The summed E-state index contributed by atoms with van der Waals surface area (Å²) < 4.78 is 6.05. The third kappa shape index (κ3) is 7.23. The fourth-order valence-electron chi connectivity index (χ4n) is 1.16. The topological polar surface area (TPSA) is 21.3 Å². The van der Waals surface area contributed by atoms with Crippen molar-refractivity contribution in [1.29, 1.82) is 0 Å². The molecule has 0 spiro atoms. The molecule has 1 N–H and O–H groups in total. The van der Waals surface area contributed by atoms with Gasteiger partial charge in [0.2, 0.25) is 0 Å². The van der Waals surface area contributed by atoms with Crippen molar-refractivity contribution in [3.63, 3.8) is 0 Å². The van der Waals surface area contributed by atoms with E-state index < -0.39 is 0 Å². The molecule has 0 rings (SSSR count).